The van der Waals surface area contributed by atoms with Crippen molar-refractivity contribution in [3.05, 3.63) is 29.8 Å². The first-order chi connectivity index (χ1) is 9.13. The number of para-hydroxylation sites is 1. The molecule has 1 fully saturated rings. The van der Waals surface area contributed by atoms with Crippen LogP contribution in [-0.4, -0.2) is 35.7 Å². The molecule has 1 saturated heterocycles. The Kier molecular flexibility index (Phi) is 4.83. The molecule has 0 aromatic heterocycles. The average Bonchev–Trinajstić information content (AvgIpc) is 2.42. The molecular formula is C16H25NO2. The Morgan fingerprint density at radius 3 is 2.53 bits per heavy atom. The highest BCUT2D eigenvalue weighted by molar-refractivity contribution is 5.35. The van der Waals surface area contributed by atoms with Gasteiger partial charge >= 0.3 is 0 Å². The van der Waals surface area contributed by atoms with E-state index in [0.29, 0.717) is 18.6 Å². The number of nitrogens with zero attached hydrogens (tertiary/aromatic N) is 1. The van der Waals surface area contributed by atoms with E-state index in [9.17, 15) is 5.11 Å². The minimum Gasteiger partial charge on any atom is -0.496 e. The molecule has 1 N–H and O–H groups in total. The lowest BCUT2D eigenvalue weighted by Gasteiger charge is -2.40. The van der Waals surface area contributed by atoms with Gasteiger partial charge in [-0.15, -0.1) is 0 Å². The maximum Gasteiger partial charge on any atom is 0.124 e. The minimum absolute atomic E-state index is 0.487. The summed E-state index contributed by atoms with van der Waals surface area (Å²) in [4.78, 5) is 2.42. The number of likely N-dealkylation sites (tertiary alicyclic amines) is 1. The van der Waals surface area contributed by atoms with Gasteiger partial charge in [-0.1, -0.05) is 24.6 Å². The summed E-state index contributed by atoms with van der Waals surface area (Å²) in [6, 6.07) is 8.83. The molecular weight excluding hydrogens is 238 g/mol. The van der Waals surface area contributed by atoms with Crippen molar-refractivity contribution in [3.63, 3.8) is 0 Å². The van der Waals surface area contributed by atoms with Crippen LogP contribution in [0.1, 0.15) is 44.8 Å². The number of aliphatic hydroxyl groups excluding tert-OH is 1. The van der Waals surface area contributed by atoms with Crippen molar-refractivity contribution in [1.29, 1.82) is 0 Å². The van der Waals surface area contributed by atoms with Crippen LogP contribution in [0.5, 0.6) is 5.75 Å². The van der Waals surface area contributed by atoms with Crippen molar-refractivity contribution in [2.75, 3.05) is 13.7 Å². The molecule has 1 aromatic carbocycles. The topological polar surface area (TPSA) is 32.7 Å². The number of aliphatic hydroxyl groups is 1. The van der Waals surface area contributed by atoms with Crippen molar-refractivity contribution in [1.82, 2.24) is 4.90 Å². The Hall–Kier alpha value is -1.06. The largest absolute Gasteiger partial charge is 0.496 e. The van der Waals surface area contributed by atoms with Crippen LogP contribution >= 0.6 is 0 Å². The Labute approximate surface area is 116 Å². The van der Waals surface area contributed by atoms with Crippen LogP contribution in [0.3, 0.4) is 0 Å². The molecule has 19 heavy (non-hydrogen) atoms. The number of hydrogen-bond donors (Lipinski definition) is 1. The molecule has 2 rings (SSSR count). The van der Waals surface area contributed by atoms with E-state index in [1.165, 1.54) is 19.3 Å². The van der Waals surface area contributed by atoms with Crippen LogP contribution in [0.15, 0.2) is 24.3 Å². The zero-order chi connectivity index (χ0) is 13.8. The summed E-state index contributed by atoms with van der Waals surface area (Å²) in [6.45, 7) is 5.19. The minimum atomic E-state index is -0.487. The summed E-state index contributed by atoms with van der Waals surface area (Å²) in [7, 11) is 1.65. The van der Waals surface area contributed by atoms with E-state index in [1.54, 1.807) is 7.11 Å². The number of rotatable bonds is 4. The van der Waals surface area contributed by atoms with Gasteiger partial charge in [-0.2, -0.15) is 0 Å². The first-order valence-corrected chi connectivity index (χ1v) is 7.20. The molecule has 1 aliphatic heterocycles. The second-order valence-corrected chi connectivity index (χ2v) is 5.58. The molecule has 1 aromatic rings. The molecule has 106 valence electrons. The quantitative estimate of drug-likeness (QED) is 0.906. The second-order valence-electron chi connectivity index (χ2n) is 5.58. The van der Waals surface area contributed by atoms with E-state index in [2.05, 4.69) is 18.7 Å². The van der Waals surface area contributed by atoms with E-state index in [0.717, 1.165) is 11.3 Å². The molecule has 0 aliphatic carbocycles. The highest BCUT2D eigenvalue weighted by Crippen LogP contribution is 2.29. The van der Waals surface area contributed by atoms with E-state index in [4.69, 9.17) is 4.74 Å². The monoisotopic (exact) mass is 263 g/mol. The zero-order valence-corrected chi connectivity index (χ0v) is 12.2. The van der Waals surface area contributed by atoms with Gasteiger partial charge in [-0.3, -0.25) is 4.90 Å². The summed E-state index contributed by atoms with van der Waals surface area (Å²) in [6.07, 6.45) is 3.26. The molecule has 0 bridgehead atoms. The Bertz CT molecular complexity index is 397. The molecule has 0 saturated carbocycles. The molecule has 1 heterocycles. The number of ether oxygens (including phenoxy) is 1. The normalized spacial score (nSPS) is 26.1. The zero-order valence-electron chi connectivity index (χ0n) is 12.2. The standard InChI is InChI=1S/C16H25NO2/c1-12-7-6-8-13(2)17(12)11-15(18)14-9-4-5-10-16(14)19-3/h4-5,9-10,12-13,15,18H,6-8,11H2,1-3H3. The van der Waals surface area contributed by atoms with Crippen molar-refractivity contribution in [2.24, 2.45) is 0 Å². The summed E-state index contributed by atoms with van der Waals surface area (Å²) in [5.41, 5.74) is 0.884. The number of benzene rings is 1. The third-order valence-corrected chi connectivity index (χ3v) is 4.26. The lowest BCUT2D eigenvalue weighted by Crippen LogP contribution is -2.45. The fraction of sp³-hybridized carbons (Fsp3) is 0.625. The van der Waals surface area contributed by atoms with Gasteiger partial charge in [0.1, 0.15) is 5.75 Å². The fourth-order valence-electron chi connectivity index (χ4n) is 3.07. The van der Waals surface area contributed by atoms with Crippen LogP contribution in [0.25, 0.3) is 0 Å². The maximum absolute atomic E-state index is 10.5. The van der Waals surface area contributed by atoms with Crippen LogP contribution in [-0.2, 0) is 0 Å². The van der Waals surface area contributed by atoms with Crippen molar-refractivity contribution >= 4 is 0 Å². The van der Waals surface area contributed by atoms with E-state index in [-0.39, 0.29) is 0 Å². The Morgan fingerprint density at radius 1 is 1.26 bits per heavy atom. The fourth-order valence-corrected chi connectivity index (χ4v) is 3.07. The summed E-state index contributed by atoms with van der Waals surface area (Å²) >= 11 is 0. The van der Waals surface area contributed by atoms with Crippen molar-refractivity contribution < 1.29 is 9.84 Å². The van der Waals surface area contributed by atoms with Crippen molar-refractivity contribution in [2.45, 2.75) is 51.3 Å². The highest BCUT2D eigenvalue weighted by atomic mass is 16.5. The van der Waals surface area contributed by atoms with Crippen molar-refractivity contribution in [3.8, 4) is 5.75 Å². The average molecular weight is 263 g/mol. The van der Waals surface area contributed by atoms with E-state index < -0.39 is 6.10 Å². The molecule has 3 atom stereocenters. The highest BCUT2D eigenvalue weighted by Gasteiger charge is 2.27. The van der Waals surface area contributed by atoms with E-state index in [1.807, 2.05) is 24.3 Å². The summed E-state index contributed by atoms with van der Waals surface area (Å²) in [5, 5.41) is 10.5. The Balaban J connectivity index is 2.09. The van der Waals surface area contributed by atoms with E-state index >= 15 is 0 Å². The third-order valence-electron chi connectivity index (χ3n) is 4.26. The number of β-amino-alcohol motifs (C(OH)–C–C–N with tert-alkyl or cyclic N) is 1. The van der Waals surface area contributed by atoms with Gasteiger partial charge in [-0.25, -0.2) is 0 Å². The number of methoxy groups -OCH3 is 1. The molecule has 1 aliphatic rings. The summed E-state index contributed by atoms with van der Waals surface area (Å²) < 4.78 is 5.33. The molecule has 0 radical (unpaired) electrons. The second kappa shape index (κ2) is 6.40. The van der Waals surface area contributed by atoms with Gasteiger partial charge in [0.25, 0.3) is 0 Å². The SMILES string of the molecule is COc1ccccc1C(O)CN1C(C)CCCC1C. The van der Waals surface area contributed by atoms with Gasteiger partial charge < -0.3 is 9.84 Å². The van der Waals surface area contributed by atoms with Gasteiger partial charge in [0.05, 0.1) is 13.2 Å². The smallest absolute Gasteiger partial charge is 0.124 e. The molecule has 0 amide bonds. The van der Waals surface area contributed by atoms with Gasteiger partial charge in [0, 0.05) is 24.2 Å². The summed E-state index contributed by atoms with van der Waals surface area (Å²) in [5.74, 6) is 0.771. The lowest BCUT2D eigenvalue weighted by atomic mass is 9.96. The first-order valence-electron chi connectivity index (χ1n) is 7.20. The number of hydrogen-bond acceptors (Lipinski definition) is 3. The number of piperidine rings is 1. The Morgan fingerprint density at radius 2 is 1.89 bits per heavy atom. The molecule has 0 spiro atoms. The maximum atomic E-state index is 10.5. The third kappa shape index (κ3) is 3.28. The lowest BCUT2D eigenvalue weighted by molar-refractivity contribution is 0.0402. The van der Waals surface area contributed by atoms with Gasteiger partial charge in [0.15, 0.2) is 0 Å². The predicted molar refractivity (Wildman–Crippen MR) is 77.4 cm³/mol. The molecule has 3 heteroatoms. The van der Waals surface area contributed by atoms with Crippen LogP contribution in [0, 0.1) is 0 Å². The van der Waals surface area contributed by atoms with Crippen LogP contribution < -0.4 is 4.74 Å². The molecule has 3 nitrogen and oxygen atoms in total. The van der Waals surface area contributed by atoms with Crippen LogP contribution in [0.4, 0.5) is 0 Å². The van der Waals surface area contributed by atoms with Gasteiger partial charge in [-0.05, 0) is 32.8 Å². The first kappa shape index (κ1) is 14.4. The van der Waals surface area contributed by atoms with Crippen LogP contribution in [0.2, 0.25) is 0 Å². The predicted octanol–water partition coefficient (Wildman–Crippen LogP) is 2.99. The van der Waals surface area contributed by atoms with Gasteiger partial charge in [0.2, 0.25) is 0 Å². The molecule has 3 unspecified atom stereocenters.